The van der Waals surface area contributed by atoms with Gasteiger partial charge in [-0.1, -0.05) is 18.9 Å². The molecule has 0 aromatic heterocycles. The fourth-order valence-corrected chi connectivity index (χ4v) is 2.49. The van der Waals surface area contributed by atoms with Gasteiger partial charge in [-0.25, -0.2) is 0 Å². The highest BCUT2D eigenvalue weighted by atomic mass is 15.1. The average Bonchev–Trinajstić information content (AvgIpc) is 2.74. The van der Waals surface area contributed by atoms with Crippen LogP contribution in [-0.2, 0) is 0 Å². The van der Waals surface area contributed by atoms with Crippen LogP contribution in [0.5, 0.6) is 0 Å². The molecule has 1 aliphatic rings. The molecule has 2 N–H and O–H groups in total. The van der Waals surface area contributed by atoms with Crippen molar-refractivity contribution in [2.24, 2.45) is 0 Å². The normalized spacial score (nSPS) is 16.9. The van der Waals surface area contributed by atoms with Crippen LogP contribution in [0.4, 0.5) is 11.4 Å². The van der Waals surface area contributed by atoms with Crippen molar-refractivity contribution in [3.8, 4) is 0 Å². The number of nitrogens with two attached hydrogens (primary N) is 1. The Morgan fingerprint density at radius 1 is 1.27 bits per heavy atom. The molecule has 1 aromatic carbocycles. The van der Waals surface area contributed by atoms with Crippen LogP contribution < -0.4 is 10.6 Å². The first-order valence-corrected chi connectivity index (χ1v) is 5.77. The predicted molar refractivity (Wildman–Crippen MR) is 66.3 cm³/mol. The largest absolute Gasteiger partial charge is 0.399 e. The van der Waals surface area contributed by atoms with Crippen molar-refractivity contribution >= 4 is 11.4 Å². The Balaban J connectivity index is 2.23. The lowest BCUT2D eigenvalue weighted by atomic mass is 10.1. The quantitative estimate of drug-likeness (QED) is 0.750. The van der Waals surface area contributed by atoms with E-state index in [1.165, 1.54) is 36.9 Å². The third-order valence-corrected chi connectivity index (χ3v) is 3.49. The van der Waals surface area contributed by atoms with E-state index in [0.29, 0.717) is 6.04 Å². The number of nitrogens with zero attached hydrogens (tertiary/aromatic N) is 1. The molecule has 1 aromatic rings. The maximum Gasteiger partial charge on any atom is 0.0416 e. The fraction of sp³-hybridized carbons (Fsp3) is 0.538. The molecule has 0 spiro atoms. The van der Waals surface area contributed by atoms with Gasteiger partial charge >= 0.3 is 0 Å². The molecule has 82 valence electrons. The van der Waals surface area contributed by atoms with E-state index in [-0.39, 0.29) is 0 Å². The Kier molecular flexibility index (Phi) is 2.85. The van der Waals surface area contributed by atoms with Gasteiger partial charge in [0, 0.05) is 24.5 Å². The van der Waals surface area contributed by atoms with Crippen LogP contribution in [0.1, 0.15) is 31.2 Å². The SMILES string of the molecule is Cc1ccc(N)cc1N(C)C1CCCC1. The number of benzene rings is 1. The minimum absolute atomic E-state index is 0.713. The van der Waals surface area contributed by atoms with Gasteiger partial charge < -0.3 is 10.6 Å². The van der Waals surface area contributed by atoms with Crippen molar-refractivity contribution in [1.82, 2.24) is 0 Å². The molecule has 2 nitrogen and oxygen atoms in total. The third kappa shape index (κ3) is 2.09. The molecule has 2 rings (SSSR count). The van der Waals surface area contributed by atoms with Crippen LogP contribution in [0.3, 0.4) is 0 Å². The molecule has 0 amide bonds. The summed E-state index contributed by atoms with van der Waals surface area (Å²) < 4.78 is 0. The second-order valence-corrected chi connectivity index (χ2v) is 4.60. The summed E-state index contributed by atoms with van der Waals surface area (Å²) in [7, 11) is 2.19. The smallest absolute Gasteiger partial charge is 0.0416 e. The molecule has 1 aliphatic carbocycles. The van der Waals surface area contributed by atoms with Crippen molar-refractivity contribution in [1.29, 1.82) is 0 Å². The molecular formula is C13H20N2. The van der Waals surface area contributed by atoms with Gasteiger partial charge in [0.1, 0.15) is 0 Å². The lowest BCUT2D eigenvalue weighted by molar-refractivity contribution is 0.652. The summed E-state index contributed by atoms with van der Waals surface area (Å²) in [6.07, 6.45) is 5.39. The van der Waals surface area contributed by atoms with E-state index < -0.39 is 0 Å². The molecule has 2 heteroatoms. The molecule has 0 aliphatic heterocycles. The zero-order valence-corrected chi connectivity index (χ0v) is 9.66. The maximum absolute atomic E-state index is 5.84. The number of rotatable bonds is 2. The van der Waals surface area contributed by atoms with Crippen molar-refractivity contribution in [3.05, 3.63) is 23.8 Å². The minimum Gasteiger partial charge on any atom is -0.399 e. The Bertz CT molecular complexity index is 340. The molecule has 0 atom stereocenters. The highest BCUT2D eigenvalue weighted by Crippen LogP contribution is 2.29. The van der Waals surface area contributed by atoms with E-state index in [9.17, 15) is 0 Å². The zero-order chi connectivity index (χ0) is 10.8. The standard InChI is InChI=1S/C13H20N2/c1-10-7-8-11(14)9-13(10)15(2)12-5-3-4-6-12/h7-9,12H,3-6,14H2,1-2H3. The Hall–Kier alpha value is -1.18. The highest BCUT2D eigenvalue weighted by molar-refractivity contribution is 5.61. The summed E-state index contributed by atoms with van der Waals surface area (Å²) in [5.41, 5.74) is 9.31. The van der Waals surface area contributed by atoms with Gasteiger partial charge in [-0.15, -0.1) is 0 Å². The first kappa shape index (κ1) is 10.3. The van der Waals surface area contributed by atoms with Crippen LogP contribution in [-0.4, -0.2) is 13.1 Å². The summed E-state index contributed by atoms with van der Waals surface area (Å²) >= 11 is 0. The van der Waals surface area contributed by atoms with Crippen molar-refractivity contribution in [2.75, 3.05) is 17.7 Å². The van der Waals surface area contributed by atoms with Gasteiger partial charge in [-0.05, 0) is 37.5 Å². The van der Waals surface area contributed by atoms with Gasteiger partial charge in [0.2, 0.25) is 0 Å². The highest BCUT2D eigenvalue weighted by Gasteiger charge is 2.20. The first-order chi connectivity index (χ1) is 7.18. The van der Waals surface area contributed by atoms with E-state index in [1.54, 1.807) is 0 Å². The van der Waals surface area contributed by atoms with Crippen LogP contribution in [0, 0.1) is 6.92 Å². The molecule has 1 fully saturated rings. The number of hydrogen-bond donors (Lipinski definition) is 1. The number of hydrogen-bond acceptors (Lipinski definition) is 2. The van der Waals surface area contributed by atoms with Gasteiger partial charge in [-0.2, -0.15) is 0 Å². The number of aryl methyl sites for hydroxylation is 1. The maximum atomic E-state index is 5.84. The van der Waals surface area contributed by atoms with Crippen molar-refractivity contribution in [3.63, 3.8) is 0 Å². The van der Waals surface area contributed by atoms with E-state index in [0.717, 1.165) is 5.69 Å². The molecule has 1 saturated carbocycles. The summed E-state index contributed by atoms with van der Waals surface area (Å²) in [5, 5.41) is 0. The lowest BCUT2D eigenvalue weighted by Gasteiger charge is -2.28. The Labute approximate surface area is 92.1 Å². The predicted octanol–water partition coefficient (Wildman–Crippen LogP) is 2.96. The molecule has 0 heterocycles. The molecule has 15 heavy (non-hydrogen) atoms. The second kappa shape index (κ2) is 4.13. The Morgan fingerprint density at radius 3 is 2.60 bits per heavy atom. The van der Waals surface area contributed by atoms with E-state index >= 15 is 0 Å². The van der Waals surface area contributed by atoms with E-state index in [2.05, 4.69) is 31.0 Å². The first-order valence-electron chi connectivity index (χ1n) is 5.77. The van der Waals surface area contributed by atoms with Gasteiger partial charge in [0.05, 0.1) is 0 Å². The van der Waals surface area contributed by atoms with E-state index in [4.69, 9.17) is 5.73 Å². The Morgan fingerprint density at radius 2 is 1.93 bits per heavy atom. The molecule has 0 saturated heterocycles. The molecular weight excluding hydrogens is 184 g/mol. The van der Waals surface area contributed by atoms with Gasteiger partial charge in [0.15, 0.2) is 0 Å². The number of anilines is 2. The van der Waals surface area contributed by atoms with E-state index in [1.807, 2.05) is 6.07 Å². The van der Waals surface area contributed by atoms with Crippen LogP contribution in [0.15, 0.2) is 18.2 Å². The zero-order valence-electron chi connectivity index (χ0n) is 9.66. The van der Waals surface area contributed by atoms with Crippen LogP contribution >= 0.6 is 0 Å². The summed E-state index contributed by atoms with van der Waals surface area (Å²) in [5.74, 6) is 0. The van der Waals surface area contributed by atoms with Crippen molar-refractivity contribution in [2.45, 2.75) is 38.6 Å². The molecule has 0 radical (unpaired) electrons. The number of nitrogen functional groups attached to an aromatic ring is 1. The molecule has 0 unspecified atom stereocenters. The second-order valence-electron chi connectivity index (χ2n) is 4.60. The van der Waals surface area contributed by atoms with Crippen molar-refractivity contribution < 1.29 is 0 Å². The van der Waals surface area contributed by atoms with Crippen LogP contribution in [0.2, 0.25) is 0 Å². The summed E-state index contributed by atoms with van der Waals surface area (Å²) in [4.78, 5) is 2.40. The topological polar surface area (TPSA) is 29.3 Å². The lowest BCUT2D eigenvalue weighted by Crippen LogP contribution is -2.29. The van der Waals surface area contributed by atoms with Gasteiger partial charge in [0.25, 0.3) is 0 Å². The minimum atomic E-state index is 0.713. The fourth-order valence-electron chi connectivity index (χ4n) is 2.49. The van der Waals surface area contributed by atoms with Gasteiger partial charge in [-0.3, -0.25) is 0 Å². The van der Waals surface area contributed by atoms with Crippen LogP contribution in [0.25, 0.3) is 0 Å². The third-order valence-electron chi connectivity index (χ3n) is 3.49. The summed E-state index contributed by atoms with van der Waals surface area (Å²) in [6, 6.07) is 6.89. The average molecular weight is 204 g/mol. The molecule has 0 bridgehead atoms. The monoisotopic (exact) mass is 204 g/mol. The summed E-state index contributed by atoms with van der Waals surface area (Å²) in [6.45, 7) is 2.15.